The zero-order chi connectivity index (χ0) is 13.3. The third-order valence-electron chi connectivity index (χ3n) is 2.89. The van der Waals surface area contributed by atoms with E-state index in [0.717, 1.165) is 5.56 Å². The molecular formula is C14H21NO2. The van der Waals surface area contributed by atoms with E-state index in [4.69, 9.17) is 5.11 Å². The quantitative estimate of drug-likeness (QED) is 0.824. The molecule has 0 heterocycles. The van der Waals surface area contributed by atoms with E-state index in [1.54, 1.807) is 0 Å². The molecule has 0 aliphatic carbocycles. The molecule has 0 bridgehead atoms. The first-order valence-corrected chi connectivity index (χ1v) is 5.75. The Morgan fingerprint density at radius 3 is 1.76 bits per heavy atom. The molecule has 0 saturated heterocycles. The first-order valence-electron chi connectivity index (χ1n) is 5.75. The summed E-state index contributed by atoms with van der Waals surface area (Å²) in [4.78, 5) is 10.7. The molecule has 0 saturated carbocycles. The van der Waals surface area contributed by atoms with Crippen molar-refractivity contribution in [1.82, 2.24) is 5.32 Å². The maximum Gasteiger partial charge on any atom is 0.405 e. The lowest BCUT2D eigenvalue weighted by Crippen LogP contribution is -2.40. The van der Waals surface area contributed by atoms with Gasteiger partial charge in [0.05, 0.1) is 5.54 Å². The summed E-state index contributed by atoms with van der Waals surface area (Å²) in [5, 5.41) is 11.3. The maximum absolute atomic E-state index is 10.7. The van der Waals surface area contributed by atoms with Gasteiger partial charge in [0.15, 0.2) is 0 Å². The second-order valence-electron chi connectivity index (χ2n) is 5.88. The van der Waals surface area contributed by atoms with Gasteiger partial charge in [-0.05, 0) is 30.4 Å². The highest BCUT2D eigenvalue weighted by molar-refractivity contribution is 5.66. The van der Waals surface area contributed by atoms with Crippen molar-refractivity contribution in [2.24, 2.45) is 0 Å². The molecule has 94 valence electrons. The van der Waals surface area contributed by atoms with Crippen molar-refractivity contribution in [2.45, 2.75) is 45.6 Å². The van der Waals surface area contributed by atoms with Gasteiger partial charge in [-0.3, -0.25) is 0 Å². The largest absolute Gasteiger partial charge is 0.465 e. The van der Waals surface area contributed by atoms with Crippen LogP contribution < -0.4 is 5.32 Å². The number of carbonyl (C=O) groups is 1. The van der Waals surface area contributed by atoms with Crippen LogP contribution in [0.2, 0.25) is 0 Å². The second kappa shape index (κ2) is 4.40. The zero-order valence-electron chi connectivity index (χ0n) is 11.2. The molecule has 1 rings (SSSR count). The van der Waals surface area contributed by atoms with Crippen LogP contribution in [0.5, 0.6) is 0 Å². The zero-order valence-corrected chi connectivity index (χ0v) is 11.2. The average Bonchev–Trinajstić information content (AvgIpc) is 2.14. The molecule has 1 aromatic rings. The summed E-state index contributed by atoms with van der Waals surface area (Å²) < 4.78 is 0. The van der Waals surface area contributed by atoms with Gasteiger partial charge in [-0.25, -0.2) is 4.79 Å². The molecule has 0 radical (unpaired) electrons. The van der Waals surface area contributed by atoms with E-state index >= 15 is 0 Å². The minimum absolute atomic E-state index is 0.114. The van der Waals surface area contributed by atoms with Gasteiger partial charge in [0.1, 0.15) is 0 Å². The summed E-state index contributed by atoms with van der Waals surface area (Å²) in [7, 11) is 0. The summed E-state index contributed by atoms with van der Waals surface area (Å²) in [5.41, 5.74) is 1.76. The fraction of sp³-hybridized carbons (Fsp3) is 0.500. The van der Waals surface area contributed by atoms with E-state index in [2.05, 4.69) is 38.2 Å². The Bertz CT molecular complexity index is 399. The SMILES string of the molecule is CC(C)(C)c1ccc(C(C)(C)NC(=O)O)cc1. The van der Waals surface area contributed by atoms with E-state index in [0.29, 0.717) is 0 Å². The number of hydrogen-bond donors (Lipinski definition) is 2. The third kappa shape index (κ3) is 3.48. The highest BCUT2D eigenvalue weighted by Crippen LogP contribution is 2.26. The van der Waals surface area contributed by atoms with E-state index in [-0.39, 0.29) is 5.41 Å². The van der Waals surface area contributed by atoms with Gasteiger partial charge < -0.3 is 10.4 Å². The minimum atomic E-state index is -1.00. The highest BCUT2D eigenvalue weighted by Gasteiger charge is 2.23. The van der Waals surface area contributed by atoms with Crippen molar-refractivity contribution in [3.05, 3.63) is 35.4 Å². The van der Waals surface area contributed by atoms with Gasteiger partial charge >= 0.3 is 6.09 Å². The van der Waals surface area contributed by atoms with Gasteiger partial charge in [-0.15, -0.1) is 0 Å². The summed E-state index contributed by atoms with van der Waals surface area (Å²) in [5.74, 6) is 0. The van der Waals surface area contributed by atoms with Crippen LogP contribution in [0.3, 0.4) is 0 Å². The first kappa shape index (κ1) is 13.6. The van der Waals surface area contributed by atoms with Gasteiger partial charge in [0, 0.05) is 0 Å². The maximum atomic E-state index is 10.7. The lowest BCUT2D eigenvalue weighted by atomic mass is 9.84. The number of hydrogen-bond acceptors (Lipinski definition) is 1. The molecule has 1 amide bonds. The fourth-order valence-corrected chi connectivity index (χ4v) is 1.73. The monoisotopic (exact) mass is 235 g/mol. The fourth-order valence-electron chi connectivity index (χ4n) is 1.73. The van der Waals surface area contributed by atoms with Crippen LogP contribution in [0.25, 0.3) is 0 Å². The third-order valence-corrected chi connectivity index (χ3v) is 2.89. The van der Waals surface area contributed by atoms with Crippen LogP contribution in [0.15, 0.2) is 24.3 Å². The van der Waals surface area contributed by atoms with Crippen molar-refractivity contribution in [1.29, 1.82) is 0 Å². The van der Waals surface area contributed by atoms with Crippen molar-refractivity contribution in [3.63, 3.8) is 0 Å². The summed E-state index contributed by atoms with van der Waals surface area (Å²) in [6.07, 6.45) is -1.00. The molecule has 0 aliphatic rings. The van der Waals surface area contributed by atoms with E-state index in [1.807, 2.05) is 26.0 Å². The Kier molecular flexibility index (Phi) is 3.51. The highest BCUT2D eigenvalue weighted by atomic mass is 16.4. The molecule has 0 aliphatic heterocycles. The lowest BCUT2D eigenvalue weighted by molar-refractivity contribution is 0.182. The molecule has 3 heteroatoms. The van der Waals surface area contributed by atoms with Crippen molar-refractivity contribution >= 4 is 6.09 Å². The Morgan fingerprint density at radius 2 is 1.41 bits per heavy atom. The van der Waals surface area contributed by atoms with Gasteiger partial charge in [-0.1, -0.05) is 45.0 Å². The van der Waals surface area contributed by atoms with E-state index in [9.17, 15) is 4.79 Å². The smallest absolute Gasteiger partial charge is 0.405 e. The topological polar surface area (TPSA) is 49.3 Å². The minimum Gasteiger partial charge on any atom is -0.465 e. The molecule has 0 spiro atoms. The molecular weight excluding hydrogens is 214 g/mol. The van der Waals surface area contributed by atoms with E-state index in [1.165, 1.54) is 5.56 Å². The van der Waals surface area contributed by atoms with Gasteiger partial charge in [0.2, 0.25) is 0 Å². The van der Waals surface area contributed by atoms with Crippen LogP contribution in [0.4, 0.5) is 4.79 Å². The van der Waals surface area contributed by atoms with E-state index < -0.39 is 11.6 Å². The van der Waals surface area contributed by atoms with Crippen LogP contribution in [0, 0.1) is 0 Å². The molecule has 0 atom stereocenters. The number of amides is 1. The average molecular weight is 235 g/mol. The summed E-state index contributed by atoms with van der Waals surface area (Å²) >= 11 is 0. The Hall–Kier alpha value is -1.51. The number of rotatable bonds is 2. The van der Waals surface area contributed by atoms with Crippen molar-refractivity contribution in [3.8, 4) is 0 Å². The lowest BCUT2D eigenvalue weighted by Gasteiger charge is -2.26. The van der Waals surface area contributed by atoms with Crippen molar-refractivity contribution < 1.29 is 9.90 Å². The molecule has 0 aromatic heterocycles. The van der Waals surface area contributed by atoms with Gasteiger partial charge in [-0.2, -0.15) is 0 Å². The Balaban J connectivity index is 2.98. The second-order valence-corrected chi connectivity index (χ2v) is 5.88. The number of nitrogens with one attached hydrogen (secondary N) is 1. The van der Waals surface area contributed by atoms with Gasteiger partial charge in [0.25, 0.3) is 0 Å². The molecule has 0 fully saturated rings. The Labute approximate surface area is 103 Å². The molecule has 0 unspecified atom stereocenters. The van der Waals surface area contributed by atoms with Crippen LogP contribution in [-0.2, 0) is 11.0 Å². The summed E-state index contributed by atoms with van der Waals surface area (Å²) in [6, 6.07) is 8.08. The molecule has 1 aromatic carbocycles. The van der Waals surface area contributed by atoms with Crippen LogP contribution in [-0.4, -0.2) is 11.2 Å². The predicted octanol–water partition coefficient (Wildman–Crippen LogP) is 3.49. The predicted molar refractivity (Wildman–Crippen MR) is 69.3 cm³/mol. The van der Waals surface area contributed by atoms with Crippen LogP contribution in [0.1, 0.15) is 45.7 Å². The standard InChI is InChI=1S/C14H21NO2/c1-13(2,3)10-6-8-11(9-7-10)14(4,5)15-12(16)17/h6-9,15H,1-5H3,(H,16,17). The molecule has 3 nitrogen and oxygen atoms in total. The first-order chi connectivity index (χ1) is 7.63. The molecule has 17 heavy (non-hydrogen) atoms. The number of carboxylic acid groups (broad SMARTS) is 1. The number of benzene rings is 1. The Morgan fingerprint density at radius 1 is 1.00 bits per heavy atom. The summed E-state index contributed by atoms with van der Waals surface area (Å²) in [6.45, 7) is 10.2. The molecule has 2 N–H and O–H groups in total. The van der Waals surface area contributed by atoms with Crippen molar-refractivity contribution in [2.75, 3.05) is 0 Å². The van der Waals surface area contributed by atoms with Crippen LogP contribution >= 0.6 is 0 Å². The normalized spacial score (nSPS) is 12.3.